The van der Waals surface area contributed by atoms with Crippen LogP contribution in [0.3, 0.4) is 0 Å². The van der Waals surface area contributed by atoms with Gasteiger partial charge >= 0.3 is 0 Å². The molecule has 5 heteroatoms. The summed E-state index contributed by atoms with van der Waals surface area (Å²) in [7, 11) is 0. The van der Waals surface area contributed by atoms with Crippen molar-refractivity contribution in [1.29, 1.82) is 0 Å². The predicted molar refractivity (Wildman–Crippen MR) is 84.8 cm³/mol. The third-order valence-electron chi connectivity index (χ3n) is 2.90. The molecule has 0 fully saturated rings. The molecule has 0 aliphatic heterocycles. The molecule has 0 spiro atoms. The van der Waals surface area contributed by atoms with Gasteiger partial charge in [-0.1, -0.05) is 24.3 Å². The highest BCUT2D eigenvalue weighted by Gasteiger charge is 2.07. The molecule has 1 unspecified atom stereocenters. The van der Waals surface area contributed by atoms with Crippen LogP contribution >= 0.6 is 11.8 Å². The van der Waals surface area contributed by atoms with Crippen molar-refractivity contribution in [1.82, 2.24) is 0 Å². The summed E-state index contributed by atoms with van der Waals surface area (Å²) in [5.74, 6) is -0.456. The van der Waals surface area contributed by atoms with Gasteiger partial charge in [-0.05, 0) is 36.8 Å². The Labute approximate surface area is 127 Å². The molecule has 3 nitrogen and oxygen atoms in total. The quantitative estimate of drug-likeness (QED) is 0.830. The number of hydrogen-bond donors (Lipinski definition) is 2. The second-order valence-corrected chi connectivity index (χ2v) is 5.73. The fourth-order valence-corrected chi connectivity index (χ4v) is 2.55. The number of benzene rings is 2. The zero-order valence-electron chi connectivity index (χ0n) is 11.7. The monoisotopic (exact) mass is 304 g/mol. The van der Waals surface area contributed by atoms with E-state index in [1.807, 2.05) is 31.2 Å². The molecular weight excluding hydrogens is 287 g/mol. The van der Waals surface area contributed by atoms with E-state index in [2.05, 4.69) is 5.32 Å². The third-order valence-corrected chi connectivity index (χ3v) is 3.90. The average Bonchev–Trinajstić information content (AvgIpc) is 2.48. The fraction of sp³-hybridized carbons (Fsp3) is 0.188. The molecule has 1 amide bonds. The van der Waals surface area contributed by atoms with Crippen molar-refractivity contribution < 1.29 is 9.18 Å². The van der Waals surface area contributed by atoms with Gasteiger partial charge in [0, 0.05) is 10.9 Å². The minimum atomic E-state index is -0.435. The van der Waals surface area contributed by atoms with Gasteiger partial charge in [-0.25, -0.2) is 4.39 Å². The Hall–Kier alpha value is -1.85. The van der Waals surface area contributed by atoms with Crippen LogP contribution in [0.4, 0.5) is 10.1 Å². The van der Waals surface area contributed by atoms with Crippen LogP contribution in [0.1, 0.15) is 18.5 Å². The second kappa shape index (κ2) is 7.24. The number of nitrogens with one attached hydrogen (secondary N) is 1. The first-order valence-corrected chi connectivity index (χ1v) is 7.57. The van der Waals surface area contributed by atoms with Crippen molar-refractivity contribution in [3.8, 4) is 0 Å². The number of halogens is 1. The molecule has 0 saturated carbocycles. The van der Waals surface area contributed by atoms with E-state index in [1.54, 1.807) is 12.1 Å². The van der Waals surface area contributed by atoms with Gasteiger partial charge in [-0.2, -0.15) is 0 Å². The second-order valence-electron chi connectivity index (χ2n) is 4.68. The van der Waals surface area contributed by atoms with Crippen molar-refractivity contribution in [2.75, 3.05) is 11.1 Å². The van der Waals surface area contributed by atoms with Crippen molar-refractivity contribution in [3.63, 3.8) is 0 Å². The summed E-state index contributed by atoms with van der Waals surface area (Å²) >= 11 is 1.40. The van der Waals surface area contributed by atoms with Gasteiger partial charge in [0.25, 0.3) is 0 Å². The first-order valence-electron chi connectivity index (χ1n) is 6.59. The molecule has 2 aromatic carbocycles. The number of carbonyl (C=O) groups is 1. The Kier molecular flexibility index (Phi) is 5.36. The summed E-state index contributed by atoms with van der Waals surface area (Å²) in [5.41, 5.74) is 7.05. The first-order chi connectivity index (χ1) is 10.1. The molecule has 0 saturated heterocycles. The summed E-state index contributed by atoms with van der Waals surface area (Å²) in [5, 5.41) is 2.56. The van der Waals surface area contributed by atoms with Crippen LogP contribution in [0.2, 0.25) is 0 Å². The number of amides is 1. The molecule has 2 aromatic rings. The van der Waals surface area contributed by atoms with Crippen LogP contribution in [0.25, 0.3) is 0 Å². The molecule has 3 N–H and O–H groups in total. The molecule has 0 heterocycles. The van der Waals surface area contributed by atoms with Gasteiger partial charge in [0.15, 0.2) is 0 Å². The molecule has 110 valence electrons. The van der Waals surface area contributed by atoms with Gasteiger partial charge in [-0.3, -0.25) is 4.79 Å². The van der Waals surface area contributed by atoms with Crippen molar-refractivity contribution >= 4 is 23.4 Å². The van der Waals surface area contributed by atoms with Gasteiger partial charge < -0.3 is 11.1 Å². The summed E-state index contributed by atoms with van der Waals surface area (Å²) in [4.78, 5) is 12.8. The van der Waals surface area contributed by atoms with Crippen molar-refractivity contribution in [3.05, 3.63) is 59.9 Å². The lowest BCUT2D eigenvalue weighted by Crippen LogP contribution is -2.15. The topological polar surface area (TPSA) is 55.1 Å². The summed E-state index contributed by atoms with van der Waals surface area (Å²) in [6.45, 7) is 1.91. The van der Waals surface area contributed by atoms with Crippen LogP contribution in [-0.2, 0) is 4.79 Å². The van der Waals surface area contributed by atoms with Gasteiger partial charge in [0.1, 0.15) is 5.82 Å². The smallest absolute Gasteiger partial charge is 0.234 e. The zero-order valence-corrected chi connectivity index (χ0v) is 12.5. The maximum absolute atomic E-state index is 13.4. The molecule has 0 radical (unpaired) electrons. The molecule has 0 bridgehead atoms. The number of rotatable bonds is 5. The number of thioether (sulfide) groups is 1. The Morgan fingerprint density at radius 3 is 2.76 bits per heavy atom. The molecular formula is C16H17FN2OS. The maximum Gasteiger partial charge on any atom is 0.234 e. The van der Waals surface area contributed by atoms with E-state index in [4.69, 9.17) is 5.73 Å². The largest absolute Gasteiger partial charge is 0.324 e. The lowest BCUT2D eigenvalue weighted by atomic mass is 10.1. The van der Waals surface area contributed by atoms with Gasteiger partial charge in [0.2, 0.25) is 5.91 Å². The normalized spacial score (nSPS) is 12.0. The molecule has 21 heavy (non-hydrogen) atoms. The van der Waals surface area contributed by atoms with E-state index in [0.29, 0.717) is 0 Å². The van der Waals surface area contributed by atoms with Gasteiger partial charge in [0.05, 0.1) is 11.4 Å². The molecule has 2 rings (SSSR count). The van der Waals surface area contributed by atoms with Crippen LogP contribution in [0.15, 0.2) is 53.4 Å². The Bertz CT molecular complexity index is 631. The highest BCUT2D eigenvalue weighted by atomic mass is 32.2. The first kappa shape index (κ1) is 15.5. The van der Waals surface area contributed by atoms with Crippen molar-refractivity contribution in [2.24, 2.45) is 5.73 Å². The van der Waals surface area contributed by atoms with E-state index in [-0.39, 0.29) is 23.4 Å². The fourth-order valence-electron chi connectivity index (χ4n) is 1.79. The third kappa shape index (κ3) is 4.58. The Morgan fingerprint density at radius 1 is 1.29 bits per heavy atom. The molecule has 1 atom stereocenters. The van der Waals surface area contributed by atoms with Crippen molar-refractivity contribution in [2.45, 2.75) is 17.9 Å². The summed E-state index contributed by atoms with van der Waals surface area (Å²) < 4.78 is 13.4. The average molecular weight is 304 g/mol. The lowest BCUT2D eigenvalue weighted by Gasteiger charge is -2.08. The highest BCUT2D eigenvalue weighted by Crippen LogP contribution is 2.22. The maximum atomic E-state index is 13.4. The van der Waals surface area contributed by atoms with Crippen LogP contribution in [0.5, 0.6) is 0 Å². The standard InChI is InChI=1S/C16H17FN2OS/c1-11(18)12-5-4-6-13(9-12)21-10-16(20)19-15-8-3-2-7-14(15)17/h2-9,11H,10,18H2,1H3,(H,19,20). The van der Waals surface area contributed by atoms with E-state index >= 15 is 0 Å². The van der Waals surface area contributed by atoms with E-state index in [1.165, 1.54) is 23.9 Å². The molecule has 0 aromatic heterocycles. The van der Waals surface area contributed by atoms with Gasteiger partial charge in [-0.15, -0.1) is 11.8 Å². The molecule has 0 aliphatic carbocycles. The zero-order chi connectivity index (χ0) is 15.2. The predicted octanol–water partition coefficient (Wildman–Crippen LogP) is 3.58. The van der Waals surface area contributed by atoms with Crippen LogP contribution in [0, 0.1) is 5.82 Å². The number of hydrogen-bond acceptors (Lipinski definition) is 3. The molecule has 0 aliphatic rings. The summed E-state index contributed by atoms with van der Waals surface area (Å²) in [6.07, 6.45) is 0. The van der Waals surface area contributed by atoms with E-state index in [0.717, 1.165) is 10.5 Å². The minimum Gasteiger partial charge on any atom is -0.324 e. The van der Waals surface area contributed by atoms with E-state index < -0.39 is 5.82 Å². The number of carbonyl (C=O) groups excluding carboxylic acids is 1. The van der Waals surface area contributed by atoms with Crippen LogP contribution < -0.4 is 11.1 Å². The minimum absolute atomic E-state index is 0.0437. The lowest BCUT2D eigenvalue weighted by molar-refractivity contribution is -0.113. The van der Waals surface area contributed by atoms with E-state index in [9.17, 15) is 9.18 Å². The number of nitrogens with two attached hydrogens (primary N) is 1. The Balaban J connectivity index is 1.92. The Morgan fingerprint density at radius 2 is 2.05 bits per heavy atom. The van der Waals surface area contributed by atoms with Crippen LogP contribution in [-0.4, -0.2) is 11.7 Å². The number of anilines is 1. The summed E-state index contributed by atoms with van der Waals surface area (Å²) in [6, 6.07) is 13.8. The SMILES string of the molecule is CC(N)c1cccc(SCC(=O)Nc2ccccc2F)c1. The number of para-hydroxylation sites is 1. The highest BCUT2D eigenvalue weighted by molar-refractivity contribution is 8.00.